The number of hydrogen-bond acceptors (Lipinski definition) is 6. The highest BCUT2D eigenvalue weighted by atomic mass is 16.5. The summed E-state index contributed by atoms with van der Waals surface area (Å²) in [6.45, 7) is 4.97. The molecule has 1 heterocycles. The zero-order valence-corrected chi connectivity index (χ0v) is 12.2. The molecule has 0 aromatic rings. The lowest BCUT2D eigenvalue weighted by atomic mass is 9.95. The minimum Gasteiger partial charge on any atom is -0.394 e. The number of aliphatic hydroxyl groups excluding tert-OH is 3. The Balaban J connectivity index is 2.80. The third-order valence-corrected chi connectivity index (χ3v) is 3.47. The molecule has 1 fully saturated rings. The number of ether oxygens (including phenoxy) is 1. The van der Waals surface area contributed by atoms with Crippen LogP contribution in [0.25, 0.3) is 0 Å². The van der Waals surface area contributed by atoms with E-state index in [1.807, 2.05) is 6.92 Å². The van der Waals surface area contributed by atoms with Crippen molar-refractivity contribution in [2.45, 2.75) is 70.2 Å². The monoisotopic (exact) mass is 290 g/mol. The Morgan fingerprint density at radius 3 is 2.50 bits per heavy atom. The summed E-state index contributed by atoms with van der Waals surface area (Å²) in [4.78, 5) is 11.2. The van der Waals surface area contributed by atoms with E-state index in [1.54, 1.807) is 0 Å². The van der Waals surface area contributed by atoms with E-state index in [0.717, 1.165) is 12.8 Å². The second-order valence-electron chi connectivity index (χ2n) is 5.34. The largest absolute Gasteiger partial charge is 0.394 e. The molecular weight excluding hydrogens is 264 g/mol. The Morgan fingerprint density at radius 2 is 2.00 bits per heavy atom. The molecule has 7 nitrogen and oxygen atoms in total. The summed E-state index contributed by atoms with van der Waals surface area (Å²) >= 11 is 0. The molecule has 5 N–H and O–H groups in total. The van der Waals surface area contributed by atoms with Gasteiger partial charge >= 0.3 is 0 Å². The lowest BCUT2D eigenvalue weighted by Crippen LogP contribution is -2.68. The van der Waals surface area contributed by atoms with Crippen molar-refractivity contribution in [1.29, 1.82) is 0 Å². The summed E-state index contributed by atoms with van der Waals surface area (Å²) in [6, 6.07) is -0.632. The van der Waals surface area contributed by atoms with Gasteiger partial charge in [-0.15, -0.1) is 0 Å². The molecule has 1 rings (SSSR count). The van der Waals surface area contributed by atoms with Crippen molar-refractivity contribution in [1.82, 2.24) is 10.6 Å². The lowest BCUT2D eigenvalue weighted by Gasteiger charge is -2.43. The van der Waals surface area contributed by atoms with Gasteiger partial charge in [0, 0.05) is 13.0 Å². The van der Waals surface area contributed by atoms with Gasteiger partial charge in [0.1, 0.15) is 24.5 Å². The first kappa shape index (κ1) is 17.3. The topological polar surface area (TPSA) is 111 Å². The molecule has 7 heteroatoms. The minimum absolute atomic E-state index is 0.128. The van der Waals surface area contributed by atoms with Gasteiger partial charge in [0.25, 0.3) is 0 Å². The minimum atomic E-state index is -1.24. The molecule has 118 valence electrons. The first-order chi connectivity index (χ1) is 9.40. The molecule has 1 aliphatic heterocycles. The fraction of sp³-hybridized carbons (Fsp3) is 0.923. The van der Waals surface area contributed by atoms with E-state index in [4.69, 9.17) is 4.74 Å². The van der Waals surface area contributed by atoms with Crippen LogP contribution in [0, 0.1) is 0 Å². The highest BCUT2D eigenvalue weighted by Crippen LogP contribution is 2.20. The van der Waals surface area contributed by atoms with Gasteiger partial charge in [-0.3, -0.25) is 10.1 Å². The predicted molar refractivity (Wildman–Crippen MR) is 72.9 cm³/mol. The van der Waals surface area contributed by atoms with E-state index in [-0.39, 0.29) is 11.9 Å². The SMILES string of the molecule is CCCC(C)NC1OC(CO)C(O)C(O)C1NC(C)=O. The molecule has 1 saturated heterocycles. The standard InChI is InChI=1S/C13H26N2O5/c1-4-5-7(2)14-13-10(15-8(3)17)12(19)11(18)9(6-16)20-13/h7,9-14,16,18-19H,4-6H2,1-3H3,(H,15,17). The Bertz CT molecular complexity index is 315. The van der Waals surface area contributed by atoms with Gasteiger partial charge in [0.05, 0.1) is 12.6 Å². The first-order valence-corrected chi connectivity index (χ1v) is 7.06. The Hall–Kier alpha value is -0.730. The molecule has 1 aliphatic rings. The summed E-state index contributed by atoms with van der Waals surface area (Å²) in [6.07, 6.45) is -2.07. The fourth-order valence-corrected chi connectivity index (χ4v) is 2.45. The zero-order chi connectivity index (χ0) is 15.3. The van der Waals surface area contributed by atoms with Crippen LogP contribution in [0.5, 0.6) is 0 Å². The summed E-state index contributed by atoms with van der Waals surface area (Å²) in [7, 11) is 0. The molecule has 6 unspecified atom stereocenters. The number of aliphatic hydroxyl groups is 3. The molecule has 20 heavy (non-hydrogen) atoms. The van der Waals surface area contributed by atoms with Gasteiger partial charge in [-0.05, 0) is 13.3 Å². The average Bonchev–Trinajstić information content (AvgIpc) is 2.38. The van der Waals surface area contributed by atoms with Crippen LogP contribution in [-0.4, -0.2) is 64.5 Å². The van der Waals surface area contributed by atoms with Crippen molar-refractivity contribution in [2.75, 3.05) is 6.61 Å². The van der Waals surface area contributed by atoms with Gasteiger partial charge in [-0.25, -0.2) is 0 Å². The molecule has 0 aliphatic carbocycles. The number of carbonyl (C=O) groups is 1. The Kier molecular flexibility index (Phi) is 6.84. The van der Waals surface area contributed by atoms with Crippen molar-refractivity contribution in [2.24, 2.45) is 0 Å². The smallest absolute Gasteiger partial charge is 0.217 e. The second kappa shape index (κ2) is 7.90. The highest BCUT2D eigenvalue weighted by molar-refractivity contribution is 5.73. The van der Waals surface area contributed by atoms with Gasteiger partial charge in [-0.2, -0.15) is 0 Å². The maximum Gasteiger partial charge on any atom is 0.217 e. The van der Waals surface area contributed by atoms with Crippen LogP contribution in [0.4, 0.5) is 0 Å². The van der Waals surface area contributed by atoms with Crippen LogP contribution in [0.1, 0.15) is 33.6 Å². The van der Waals surface area contributed by atoms with Crippen LogP contribution in [0.2, 0.25) is 0 Å². The number of carbonyl (C=O) groups excluding carboxylic acids is 1. The van der Waals surface area contributed by atoms with Crippen LogP contribution in [-0.2, 0) is 9.53 Å². The molecule has 0 spiro atoms. The summed E-state index contributed by atoms with van der Waals surface area (Å²) in [5, 5.41) is 34.9. The van der Waals surface area contributed by atoms with Crippen molar-refractivity contribution < 1.29 is 24.9 Å². The average molecular weight is 290 g/mol. The van der Waals surface area contributed by atoms with E-state index < -0.39 is 37.2 Å². The second-order valence-corrected chi connectivity index (χ2v) is 5.34. The predicted octanol–water partition coefficient (Wildman–Crippen LogP) is -1.29. The lowest BCUT2D eigenvalue weighted by molar-refractivity contribution is -0.204. The summed E-state index contributed by atoms with van der Waals surface area (Å²) < 4.78 is 5.56. The van der Waals surface area contributed by atoms with Gasteiger partial charge in [0.15, 0.2) is 0 Å². The van der Waals surface area contributed by atoms with Crippen molar-refractivity contribution in [3.63, 3.8) is 0 Å². The van der Waals surface area contributed by atoms with E-state index in [1.165, 1.54) is 6.92 Å². The molecule has 0 aromatic heterocycles. The molecule has 6 atom stereocenters. The van der Waals surface area contributed by atoms with Crippen molar-refractivity contribution >= 4 is 5.91 Å². The van der Waals surface area contributed by atoms with Gasteiger partial charge in [0.2, 0.25) is 5.91 Å². The van der Waals surface area contributed by atoms with Crippen molar-refractivity contribution in [3.05, 3.63) is 0 Å². The van der Waals surface area contributed by atoms with Crippen LogP contribution < -0.4 is 10.6 Å². The highest BCUT2D eigenvalue weighted by Gasteiger charge is 2.44. The van der Waals surface area contributed by atoms with Crippen LogP contribution in [0.15, 0.2) is 0 Å². The van der Waals surface area contributed by atoms with Crippen LogP contribution >= 0.6 is 0 Å². The maximum atomic E-state index is 11.2. The summed E-state index contributed by atoms with van der Waals surface area (Å²) in [5.41, 5.74) is 0. The molecule has 1 amide bonds. The van der Waals surface area contributed by atoms with E-state index >= 15 is 0 Å². The number of nitrogens with one attached hydrogen (secondary N) is 2. The molecule has 0 aromatic carbocycles. The summed E-state index contributed by atoms with van der Waals surface area (Å²) in [5.74, 6) is -0.317. The third kappa shape index (κ3) is 4.39. The molecule has 0 radical (unpaired) electrons. The van der Waals surface area contributed by atoms with E-state index in [0.29, 0.717) is 0 Å². The quantitative estimate of drug-likeness (QED) is 0.416. The number of rotatable bonds is 6. The number of hydrogen-bond donors (Lipinski definition) is 5. The maximum absolute atomic E-state index is 11.2. The molecule has 0 saturated carbocycles. The normalized spacial score (nSPS) is 35.6. The Labute approximate surface area is 119 Å². The molecule has 0 bridgehead atoms. The van der Waals surface area contributed by atoms with E-state index in [9.17, 15) is 20.1 Å². The van der Waals surface area contributed by atoms with Gasteiger partial charge in [-0.1, -0.05) is 13.3 Å². The first-order valence-electron chi connectivity index (χ1n) is 7.06. The number of amides is 1. The Morgan fingerprint density at radius 1 is 1.35 bits per heavy atom. The van der Waals surface area contributed by atoms with Gasteiger partial charge < -0.3 is 25.4 Å². The zero-order valence-electron chi connectivity index (χ0n) is 12.2. The van der Waals surface area contributed by atoms with E-state index in [2.05, 4.69) is 17.6 Å². The van der Waals surface area contributed by atoms with Crippen molar-refractivity contribution in [3.8, 4) is 0 Å². The molecular formula is C13H26N2O5. The van der Waals surface area contributed by atoms with Crippen LogP contribution in [0.3, 0.4) is 0 Å². The third-order valence-electron chi connectivity index (χ3n) is 3.47. The fourth-order valence-electron chi connectivity index (χ4n) is 2.45.